The summed E-state index contributed by atoms with van der Waals surface area (Å²) in [4.78, 5) is 11.9. The molecule has 0 saturated carbocycles. The summed E-state index contributed by atoms with van der Waals surface area (Å²) in [6.07, 6.45) is 3.95. The van der Waals surface area contributed by atoms with E-state index in [2.05, 4.69) is 0 Å². The number of halogens is 2. The summed E-state index contributed by atoms with van der Waals surface area (Å²) in [6.45, 7) is 0.750. The van der Waals surface area contributed by atoms with E-state index < -0.39 is 5.82 Å². The van der Waals surface area contributed by atoms with Crippen molar-refractivity contribution in [3.8, 4) is 0 Å². The van der Waals surface area contributed by atoms with Crippen molar-refractivity contribution in [2.45, 2.75) is 38.2 Å². The molecule has 0 bridgehead atoms. The molecule has 0 amide bonds. The molecule has 1 aliphatic rings. The maximum absolute atomic E-state index is 13.0. The number of carbonyl (C=O) groups is 1. The van der Waals surface area contributed by atoms with Crippen LogP contribution in [0.15, 0.2) is 18.2 Å². The minimum absolute atomic E-state index is 0.0576. The highest BCUT2D eigenvalue weighted by Gasteiger charge is 2.17. The third kappa shape index (κ3) is 3.79. The standard InChI is InChI=1S/C14H16ClFO2/c15-13-8-10(4-5-14(13)16)7-11(17)9-12-3-1-2-6-18-12/h4-5,8,12H,1-3,6-7,9H2. The van der Waals surface area contributed by atoms with Gasteiger partial charge in [-0.2, -0.15) is 0 Å². The van der Waals surface area contributed by atoms with Crippen molar-refractivity contribution >= 4 is 17.4 Å². The molecule has 0 aromatic heterocycles. The van der Waals surface area contributed by atoms with Crippen LogP contribution in [-0.4, -0.2) is 18.5 Å². The van der Waals surface area contributed by atoms with Gasteiger partial charge < -0.3 is 4.74 Å². The van der Waals surface area contributed by atoms with Crippen LogP contribution in [-0.2, 0) is 16.0 Å². The molecule has 0 N–H and O–H groups in total. The van der Waals surface area contributed by atoms with Crippen LogP contribution in [0.3, 0.4) is 0 Å². The molecule has 1 aliphatic heterocycles. The van der Waals surface area contributed by atoms with E-state index in [-0.39, 0.29) is 16.9 Å². The van der Waals surface area contributed by atoms with Gasteiger partial charge in [-0.05, 0) is 37.0 Å². The average Bonchev–Trinajstić information content (AvgIpc) is 2.35. The van der Waals surface area contributed by atoms with E-state index in [0.717, 1.165) is 31.4 Å². The summed E-state index contributed by atoms with van der Waals surface area (Å²) in [7, 11) is 0. The molecule has 1 atom stereocenters. The van der Waals surface area contributed by atoms with E-state index in [4.69, 9.17) is 16.3 Å². The van der Waals surface area contributed by atoms with Crippen LogP contribution in [0.25, 0.3) is 0 Å². The SMILES string of the molecule is O=C(Cc1ccc(F)c(Cl)c1)CC1CCCCO1. The summed E-state index contributed by atoms with van der Waals surface area (Å²) in [5.74, 6) is -0.340. The molecule has 1 fully saturated rings. The minimum atomic E-state index is -0.455. The van der Waals surface area contributed by atoms with Crippen molar-refractivity contribution in [2.24, 2.45) is 0 Å². The van der Waals surface area contributed by atoms with E-state index in [1.165, 1.54) is 12.1 Å². The lowest BCUT2D eigenvalue weighted by atomic mass is 10.00. The van der Waals surface area contributed by atoms with Gasteiger partial charge in [-0.25, -0.2) is 4.39 Å². The van der Waals surface area contributed by atoms with Gasteiger partial charge in [0.2, 0.25) is 0 Å². The van der Waals surface area contributed by atoms with Gasteiger partial charge in [-0.1, -0.05) is 17.7 Å². The first-order valence-corrected chi connectivity index (χ1v) is 6.60. The summed E-state index contributed by atoms with van der Waals surface area (Å²) < 4.78 is 18.5. The monoisotopic (exact) mass is 270 g/mol. The summed E-state index contributed by atoms with van der Waals surface area (Å²) in [5.41, 5.74) is 0.752. The van der Waals surface area contributed by atoms with Gasteiger partial charge in [0, 0.05) is 19.4 Å². The van der Waals surface area contributed by atoms with Gasteiger partial charge in [0.1, 0.15) is 11.6 Å². The van der Waals surface area contributed by atoms with Gasteiger partial charge in [0.25, 0.3) is 0 Å². The summed E-state index contributed by atoms with van der Waals surface area (Å²) in [6, 6.07) is 4.40. The third-order valence-electron chi connectivity index (χ3n) is 3.11. The van der Waals surface area contributed by atoms with Crippen LogP contribution >= 0.6 is 11.6 Å². The number of hydrogen-bond acceptors (Lipinski definition) is 2. The van der Waals surface area contributed by atoms with Crippen molar-refractivity contribution in [1.29, 1.82) is 0 Å². The highest BCUT2D eigenvalue weighted by atomic mass is 35.5. The number of hydrogen-bond donors (Lipinski definition) is 0. The predicted molar refractivity (Wildman–Crippen MR) is 68.3 cm³/mol. The molecule has 1 heterocycles. The van der Waals surface area contributed by atoms with Crippen molar-refractivity contribution in [1.82, 2.24) is 0 Å². The lowest BCUT2D eigenvalue weighted by Crippen LogP contribution is -2.23. The number of benzene rings is 1. The lowest BCUT2D eigenvalue weighted by molar-refractivity contribution is -0.122. The van der Waals surface area contributed by atoms with E-state index in [9.17, 15) is 9.18 Å². The van der Waals surface area contributed by atoms with Crippen molar-refractivity contribution in [3.05, 3.63) is 34.6 Å². The largest absolute Gasteiger partial charge is 0.378 e. The Balaban J connectivity index is 1.88. The van der Waals surface area contributed by atoms with E-state index >= 15 is 0 Å². The van der Waals surface area contributed by atoms with Gasteiger partial charge >= 0.3 is 0 Å². The first-order valence-electron chi connectivity index (χ1n) is 6.22. The number of carbonyl (C=O) groups excluding carboxylic acids is 1. The van der Waals surface area contributed by atoms with E-state index in [0.29, 0.717) is 12.8 Å². The fourth-order valence-corrected chi connectivity index (χ4v) is 2.37. The molecule has 2 rings (SSSR count). The van der Waals surface area contributed by atoms with Crippen molar-refractivity contribution in [2.75, 3.05) is 6.61 Å². The number of Topliss-reactive ketones (excluding diaryl/α,β-unsaturated/α-hetero) is 1. The van der Waals surface area contributed by atoms with Crippen molar-refractivity contribution < 1.29 is 13.9 Å². The Labute approximate surface area is 111 Å². The van der Waals surface area contributed by atoms with E-state index in [1.807, 2.05) is 0 Å². The Hall–Kier alpha value is -0.930. The topological polar surface area (TPSA) is 26.3 Å². The first-order chi connectivity index (χ1) is 8.65. The molecule has 1 unspecified atom stereocenters. The van der Waals surface area contributed by atoms with Crippen LogP contribution < -0.4 is 0 Å². The van der Waals surface area contributed by atoms with Gasteiger partial charge in [-0.3, -0.25) is 4.79 Å². The zero-order valence-corrected chi connectivity index (χ0v) is 10.9. The van der Waals surface area contributed by atoms with Crippen LogP contribution in [0.5, 0.6) is 0 Å². The summed E-state index contributed by atoms with van der Waals surface area (Å²) >= 11 is 5.68. The number of ketones is 1. The highest BCUT2D eigenvalue weighted by molar-refractivity contribution is 6.30. The maximum Gasteiger partial charge on any atom is 0.141 e. The molecule has 1 aromatic carbocycles. The van der Waals surface area contributed by atoms with Crippen LogP contribution in [0.1, 0.15) is 31.2 Å². The fraction of sp³-hybridized carbons (Fsp3) is 0.500. The zero-order chi connectivity index (χ0) is 13.0. The molecule has 2 nitrogen and oxygen atoms in total. The van der Waals surface area contributed by atoms with Gasteiger partial charge in [0.05, 0.1) is 11.1 Å². The Bertz CT molecular complexity index is 428. The molecule has 0 radical (unpaired) electrons. The van der Waals surface area contributed by atoms with Gasteiger partial charge in [0.15, 0.2) is 0 Å². The fourth-order valence-electron chi connectivity index (χ4n) is 2.17. The molecule has 1 aromatic rings. The highest BCUT2D eigenvalue weighted by Crippen LogP contribution is 2.19. The average molecular weight is 271 g/mol. The summed E-state index contributed by atoms with van der Waals surface area (Å²) in [5, 5.41) is 0.0641. The molecule has 4 heteroatoms. The minimum Gasteiger partial charge on any atom is -0.378 e. The Morgan fingerprint density at radius 2 is 2.28 bits per heavy atom. The third-order valence-corrected chi connectivity index (χ3v) is 3.40. The molecular formula is C14H16ClFO2. The molecule has 18 heavy (non-hydrogen) atoms. The number of ether oxygens (including phenoxy) is 1. The predicted octanol–water partition coefficient (Wildman–Crippen LogP) is 3.55. The quantitative estimate of drug-likeness (QED) is 0.836. The molecule has 98 valence electrons. The van der Waals surface area contributed by atoms with Crippen LogP contribution in [0.4, 0.5) is 4.39 Å². The Morgan fingerprint density at radius 1 is 1.44 bits per heavy atom. The molecule has 0 spiro atoms. The normalized spacial score (nSPS) is 19.8. The molecule has 1 saturated heterocycles. The second-order valence-corrected chi connectivity index (χ2v) is 5.06. The first kappa shape index (κ1) is 13.5. The van der Waals surface area contributed by atoms with Crippen LogP contribution in [0.2, 0.25) is 5.02 Å². The molecular weight excluding hydrogens is 255 g/mol. The second kappa shape index (κ2) is 6.30. The lowest BCUT2D eigenvalue weighted by Gasteiger charge is -2.21. The Morgan fingerprint density at radius 3 is 2.94 bits per heavy atom. The number of rotatable bonds is 4. The molecule has 0 aliphatic carbocycles. The van der Waals surface area contributed by atoms with Crippen LogP contribution in [0, 0.1) is 5.82 Å². The van der Waals surface area contributed by atoms with Crippen molar-refractivity contribution in [3.63, 3.8) is 0 Å². The van der Waals surface area contributed by atoms with Gasteiger partial charge in [-0.15, -0.1) is 0 Å². The Kier molecular flexibility index (Phi) is 4.72. The van der Waals surface area contributed by atoms with E-state index in [1.54, 1.807) is 6.07 Å². The zero-order valence-electron chi connectivity index (χ0n) is 10.1. The smallest absolute Gasteiger partial charge is 0.141 e. The maximum atomic E-state index is 13.0. The second-order valence-electron chi connectivity index (χ2n) is 4.66.